The summed E-state index contributed by atoms with van der Waals surface area (Å²) >= 11 is 0. The van der Waals surface area contributed by atoms with Gasteiger partial charge in [0.15, 0.2) is 0 Å². The quantitative estimate of drug-likeness (QED) is 0.774. The predicted octanol–water partition coefficient (Wildman–Crippen LogP) is 0.967. The molecule has 0 bridgehead atoms. The Morgan fingerprint density at radius 1 is 1.14 bits per heavy atom. The fourth-order valence-corrected chi connectivity index (χ4v) is 1.68. The van der Waals surface area contributed by atoms with Crippen molar-refractivity contribution in [2.45, 2.75) is 25.8 Å². The minimum Gasteiger partial charge on any atom is -0.251 e. The van der Waals surface area contributed by atoms with Crippen molar-refractivity contribution in [1.29, 1.82) is 0 Å². The molecule has 1 saturated heterocycles. The molecule has 0 unspecified atom stereocenters. The molecule has 2 rings (SSSR count). The van der Waals surface area contributed by atoms with Crippen LogP contribution in [0.15, 0.2) is 18.7 Å². The molecule has 14 heavy (non-hydrogen) atoms. The van der Waals surface area contributed by atoms with Crippen molar-refractivity contribution < 1.29 is 0 Å². The van der Waals surface area contributed by atoms with Crippen molar-refractivity contribution in [1.82, 2.24) is 20.4 Å². The van der Waals surface area contributed by atoms with Crippen molar-refractivity contribution in [2.24, 2.45) is 0 Å². The molecule has 1 N–H and O–H groups in total. The number of piperidine rings is 1. The van der Waals surface area contributed by atoms with Crippen LogP contribution in [0.2, 0.25) is 0 Å². The van der Waals surface area contributed by atoms with Crippen molar-refractivity contribution in [2.75, 3.05) is 13.1 Å². The van der Waals surface area contributed by atoms with Crippen LogP contribution in [0.1, 0.15) is 24.8 Å². The number of nitrogens with zero attached hydrogens (tertiary/aromatic N) is 3. The maximum atomic E-state index is 3.98. The number of hydrazine groups is 1. The summed E-state index contributed by atoms with van der Waals surface area (Å²) in [4.78, 5) is 7.96. The summed E-state index contributed by atoms with van der Waals surface area (Å²) in [7, 11) is 0. The zero-order valence-corrected chi connectivity index (χ0v) is 8.32. The highest BCUT2D eigenvalue weighted by atomic mass is 15.5. The Kier molecular flexibility index (Phi) is 3.43. The molecule has 0 atom stereocenters. The molecular weight excluding hydrogens is 176 g/mol. The molecule has 0 radical (unpaired) electrons. The van der Waals surface area contributed by atoms with E-state index in [1.165, 1.54) is 19.3 Å². The summed E-state index contributed by atoms with van der Waals surface area (Å²) in [6, 6.07) is 0. The Morgan fingerprint density at radius 2 is 1.86 bits per heavy atom. The van der Waals surface area contributed by atoms with Crippen molar-refractivity contribution in [3.63, 3.8) is 0 Å². The molecule has 0 amide bonds. The van der Waals surface area contributed by atoms with Crippen LogP contribution in [-0.2, 0) is 6.54 Å². The first-order valence-corrected chi connectivity index (χ1v) is 5.17. The third-order valence-corrected chi connectivity index (χ3v) is 2.48. The van der Waals surface area contributed by atoms with E-state index in [0.29, 0.717) is 0 Å². The van der Waals surface area contributed by atoms with Crippen molar-refractivity contribution in [3.8, 4) is 0 Å². The molecule has 1 aromatic rings. The van der Waals surface area contributed by atoms with Crippen LogP contribution in [0.5, 0.6) is 0 Å². The van der Waals surface area contributed by atoms with Gasteiger partial charge in [0.1, 0.15) is 6.33 Å². The van der Waals surface area contributed by atoms with Gasteiger partial charge < -0.3 is 0 Å². The van der Waals surface area contributed by atoms with Gasteiger partial charge in [-0.05, 0) is 12.8 Å². The summed E-state index contributed by atoms with van der Waals surface area (Å²) in [5.74, 6) is 0. The molecule has 0 spiro atoms. The van der Waals surface area contributed by atoms with E-state index < -0.39 is 0 Å². The Balaban J connectivity index is 1.76. The normalized spacial score (nSPS) is 18.3. The minimum atomic E-state index is 0.834. The third-order valence-electron chi connectivity index (χ3n) is 2.48. The summed E-state index contributed by atoms with van der Waals surface area (Å²) in [6.45, 7) is 3.15. The highest BCUT2D eigenvalue weighted by Crippen LogP contribution is 2.06. The summed E-state index contributed by atoms with van der Waals surface area (Å²) < 4.78 is 0. The molecule has 0 aliphatic carbocycles. The first-order chi connectivity index (χ1) is 6.95. The first-order valence-electron chi connectivity index (χ1n) is 5.17. The van der Waals surface area contributed by atoms with Crippen LogP contribution in [0.25, 0.3) is 0 Å². The topological polar surface area (TPSA) is 41.1 Å². The zero-order chi connectivity index (χ0) is 9.64. The molecule has 76 valence electrons. The molecule has 1 aromatic heterocycles. The highest BCUT2D eigenvalue weighted by molar-refractivity contribution is 5.01. The average molecular weight is 192 g/mol. The lowest BCUT2D eigenvalue weighted by molar-refractivity contribution is 0.151. The number of hydrogen-bond donors (Lipinski definition) is 1. The number of hydrogen-bond acceptors (Lipinski definition) is 4. The van der Waals surface area contributed by atoms with E-state index in [-0.39, 0.29) is 0 Å². The monoisotopic (exact) mass is 192 g/mol. The second kappa shape index (κ2) is 5.02. The molecule has 0 saturated carbocycles. The largest absolute Gasteiger partial charge is 0.251 e. The average Bonchev–Trinajstić information content (AvgIpc) is 2.29. The summed E-state index contributed by atoms with van der Waals surface area (Å²) in [5.41, 5.74) is 4.53. The lowest BCUT2D eigenvalue weighted by Gasteiger charge is -2.26. The number of nitrogens with one attached hydrogen (secondary N) is 1. The standard InChI is InChI=1S/C10H16N4/c1-2-4-14(5-3-1)13-8-10-6-11-9-12-7-10/h6-7,9,13H,1-5,8H2. The van der Waals surface area contributed by atoms with Crippen molar-refractivity contribution in [3.05, 3.63) is 24.3 Å². The van der Waals surface area contributed by atoms with Gasteiger partial charge in [-0.25, -0.2) is 15.0 Å². The summed E-state index contributed by atoms with van der Waals surface area (Å²) in [6.07, 6.45) is 9.24. The Bertz CT molecular complexity index is 256. The molecule has 0 aromatic carbocycles. The van der Waals surface area contributed by atoms with Gasteiger partial charge in [-0.3, -0.25) is 5.43 Å². The molecule has 1 aliphatic heterocycles. The summed E-state index contributed by atoms with van der Waals surface area (Å²) in [5, 5.41) is 2.29. The van der Waals surface area contributed by atoms with Crippen molar-refractivity contribution >= 4 is 0 Å². The second-order valence-electron chi connectivity index (χ2n) is 3.63. The lowest BCUT2D eigenvalue weighted by atomic mass is 10.2. The SMILES string of the molecule is c1ncc(CNN2CCCCC2)cn1. The molecule has 1 aliphatic rings. The molecule has 1 fully saturated rings. The lowest BCUT2D eigenvalue weighted by Crippen LogP contribution is -2.41. The van der Waals surface area contributed by atoms with Crippen LogP contribution in [0.4, 0.5) is 0 Å². The van der Waals surface area contributed by atoms with E-state index in [4.69, 9.17) is 0 Å². The van der Waals surface area contributed by atoms with E-state index in [1.807, 2.05) is 12.4 Å². The molecule has 4 heteroatoms. The molecule has 2 heterocycles. The van der Waals surface area contributed by atoms with Gasteiger partial charge in [-0.15, -0.1) is 0 Å². The van der Waals surface area contributed by atoms with Gasteiger partial charge in [0, 0.05) is 37.6 Å². The van der Waals surface area contributed by atoms with Crippen LogP contribution in [0, 0.1) is 0 Å². The second-order valence-corrected chi connectivity index (χ2v) is 3.63. The maximum Gasteiger partial charge on any atom is 0.115 e. The Labute approximate surface area is 84.3 Å². The zero-order valence-electron chi connectivity index (χ0n) is 8.32. The van der Waals surface area contributed by atoms with Gasteiger partial charge in [-0.2, -0.15) is 0 Å². The first kappa shape index (κ1) is 9.55. The van der Waals surface area contributed by atoms with Gasteiger partial charge in [-0.1, -0.05) is 6.42 Å². The number of aromatic nitrogens is 2. The van der Waals surface area contributed by atoms with Gasteiger partial charge >= 0.3 is 0 Å². The van der Waals surface area contributed by atoms with E-state index in [0.717, 1.165) is 25.2 Å². The van der Waals surface area contributed by atoms with E-state index in [2.05, 4.69) is 20.4 Å². The fourth-order valence-electron chi connectivity index (χ4n) is 1.68. The van der Waals surface area contributed by atoms with E-state index in [9.17, 15) is 0 Å². The van der Waals surface area contributed by atoms with Gasteiger partial charge in [0.05, 0.1) is 0 Å². The van der Waals surface area contributed by atoms with E-state index in [1.54, 1.807) is 6.33 Å². The highest BCUT2D eigenvalue weighted by Gasteiger charge is 2.08. The van der Waals surface area contributed by atoms with Gasteiger partial charge in [0.25, 0.3) is 0 Å². The van der Waals surface area contributed by atoms with Crippen LogP contribution >= 0.6 is 0 Å². The van der Waals surface area contributed by atoms with Crippen LogP contribution in [0.3, 0.4) is 0 Å². The predicted molar refractivity (Wildman–Crippen MR) is 54.3 cm³/mol. The molecular formula is C10H16N4. The van der Waals surface area contributed by atoms with Crippen LogP contribution < -0.4 is 5.43 Å². The smallest absolute Gasteiger partial charge is 0.115 e. The fraction of sp³-hybridized carbons (Fsp3) is 0.600. The Hall–Kier alpha value is -1.00. The van der Waals surface area contributed by atoms with Crippen LogP contribution in [-0.4, -0.2) is 28.1 Å². The van der Waals surface area contributed by atoms with Gasteiger partial charge in [0.2, 0.25) is 0 Å². The third kappa shape index (κ3) is 2.75. The molecule has 4 nitrogen and oxygen atoms in total. The Morgan fingerprint density at radius 3 is 2.57 bits per heavy atom. The maximum absolute atomic E-state index is 3.98. The number of rotatable bonds is 3. The van der Waals surface area contributed by atoms with E-state index >= 15 is 0 Å². The minimum absolute atomic E-state index is 0.834.